The third kappa shape index (κ3) is 3.49. The Morgan fingerprint density at radius 1 is 1.20 bits per heavy atom. The van der Waals surface area contributed by atoms with Gasteiger partial charge in [0.1, 0.15) is 0 Å². The summed E-state index contributed by atoms with van der Waals surface area (Å²) in [5, 5.41) is 8.93. The average Bonchev–Trinajstić information content (AvgIpc) is 3.10. The number of benzene rings is 1. The Bertz CT molecular complexity index is 661. The second kappa shape index (κ2) is 7.04. The number of amides is 2. The van der Waals surface area contributed by atoms with E-state index in [0.29, 0.717) is 18.4 Å². The minimum absolute atomic E-state index is 0.0553. The predicted molar refractivity (Wildman–Crippen MR) is 95.4 cm³/mol. The third-order valence-electron chi connectivity index (χ3n) is 5.52. The molecule has 0 spiro atoms. The zero-order valence-corrected chi connectivity index (χ0v) is 15.2. The van der Waals surface area contributed by atoms with Crippen molar-refractivity contribution in [3.63, 3.8) is 0 Å². The van der Waals surface area contributed by atoms with Crippen LogP contribution in [0.3, 0.4) is 0 Å². The van der Waals surface area contributed by atoms with Crippen molar-refractivity contribution >= 4 is 12.0 Å². The number of carbonyl (C=O) groups excluding carboxylic acids is 1. The van der Waals surface area contributed by atoms with Crippen LogP contribution in [0, 0.1) is 18.8 Å². The summed E-state index contributed by atoms with van der Waals surface area (Å²) >= 11 is 0. The van der Waals surface area contributed by atoms with E-state index in [4.69, 9.17) is 5.11 Å². The molecule has 0 radical (unpaired) electrons. The molecule has 0 bridgehead atoms. The van der Waals surface area contributed by atoms with Gasteiger partial charge >= 0.3 is 12.0 Å². The fourth-order valence-corrected chi connectivity index (χ4v) is 4.34. The quantitative estimate of drug-likeness (QED) is 0.907. The number of carbonyl (C=O) groups is 2. The van der Waals surface area contributed by atoms with Crippen LogP contribution in [-0.2, 0) is 4.79 Å². The third-order valence-corrected chi connectivity index (χ3v) is 5.52. The lowest BCUT2D eigenvalue weighted by atomic mass is 9.88. The van der Waals surface area contributed by atoms with Crippen LogP contribution in [0.15, 0.2) is 24.3 Å². The summed E-state index contributed by atoms with van der Waals surface area (Å²) in [5.41, 5.74) is 2.42. The van der Waals surface area contributed by atoms with Gasteiger partial charge in [0.25, 0.3) is 0 Å². The minimum atomic E-state index is -0.753. The first kappa shape index (κ1) is 17.7. The van der Waals surface area contributed by atoms with Crippen molar-refractivity contribution in [2.45, 2.75) is 19.4 Å². The Hall–Kier alpha value is -2.08. The number of rotatable bonds is 4. The lowest BCUT2D eigenvalue weighted by Gasteiger charge is -2.32. The number of aliphatic carboxylic acids is 1. The van der Waals surface area contributed by atoms with E-state index < -0.39 is 5.97 Å². The second-order valence-corrected chi connectivity index (χ2v) is 7.46. The lowest BCUT2D eigenvalue weighted by molar-refractivity contribution is -0.137. The van der Waals surface area contributed by atoms with Crippen LogP contribution in [0.25, 0.3) is 0 Å². The first-order chi connectivity index (χ1) is 11.9. The van der Waals surface area contributed by atoms with Crippen molar-refractivity contribution in [2.75, 3.05) is 40.3 Å². The largest absolute Gasteiger partial charge is 0.481 e. The number of hydrogen-bond donors (Lipinski definition) is 1. The van der Waals surface area contributed by atoms with Crippen LogP contribution < -0.4 is 0 Å². The van der Waals surface area contributed by atoms with Gasteiger partial charge < -0.3 is 19.8 Å². The van der Waals surface area contributed by atoms with Crippen molar-refractivity contribution < 1.29 is 14.7 Å². The maximum Gasteiger partial charge on any atom is 0.320 e. The van der Waals surface area contributed by atoms with Gasteiger partial charge in [0.2, 0.25) is 0 Å². The minimum Gasteiger partial charge on any atom is -0.481 e. The Morgan fingerprint density at radius 2 is 1.92 bits per heavy atom. The summed E-state index contributed by atoms with van der Waals surface area (Å²) in [6.45, 7) is 5.15. The zero-order valence-electron chi connectivity index (χ0n) is 15.2. The molecule has 2 fully saturated rings. The Balaban J connectivity index is 1.85. The molecular weight excluding hydrogens is 318 g/mol. The first-order valence-corrected chi connectivity index (χ1v) is 8.86. The number of carboxylic acid groups (broad SMARTS) is 1. The number of hydrogen-bond acceptors (Lipinski definition) is 3. The summed E-state index contributed by atoms with van der Waals surface area (Å²) in [4.78, 5) is 29.5. The number of carboxylic acids is 1. The highest BCUT2D eigenvalue weighted by atomic mass is 16.4. The van der Waals surface area contributed by atoms with Gasteiger partial charge in [-0.1, -0.05) is 24.3 Å². The number of likely N-dealkylation sites (tertiary alicyclic amines) is 2. The van der Waals surface area contributed by atoms with E-state index in [0.717, 1.165) is 19.6 Å². The molecule has 0 aromatic heterocycles. The molecule has 25 heavy (non-hydrogen) atoms. The number of fused-ring (bicyclic) bond motifs is 1. The van der Waals surface area contributed by atoms with Gasteiger partial charge in [0.15, 0.2) is 0 Å². The highest BCUT2D eigenvalue weighted by Crippen LogP contribution is 2.46. The van der Waals surface area contributed by atoms with Gasteiger partial charge in [-0.15, -0.1) is 0 Å². The summed E-state index contributed by atoms with van der Waals surface area (Å²) in [6.07, 6.45) is 0.175. The molecule has 0 aliphatic carbocycles. The van der Waals surface area contributed by atoms with Crippen LogP contribution in [0.4, 0.5) is 4.79 Å². The van der Waals surface area contributed by atoms with Crippen LogP contribution in [0.2, 0.25) is 0 Å². The smallest absolute Gasteiger partial charge is 0.320 e. The van der Waals surface area contributed by atoms with Gasteiger partial charge in [-0.3, -0.25) is 4.79 Å². The van der Waals surface area contributed by atoms with E-state index in [2.05, 4.69) is 24.0 Å². The lowest BCUT2D eigenvalue weighted by Crippen LogP contribution is -2.41. The highest BCUT2D eigenvalue weighted by Gasteiger charge is 2.49. The summed E-state index contributed by atoms with van der Waals surface area (Å²) in [7, 11) is 3.59. The van der Waals surface area contributed by atoms with E-state index in [1.54, 1.807) is 19.0 Å². The second-order valence-electron chi connectivity index (χ2n) is 7.46. The fraction of sp³-hybridized carbons (Fsp3) is 0.579. The van der Waals surface area contributed by atoms with E-state index in [1.165, 1.54) is 11.1 Å². The van der Waals surface area contributed by atoms with Gasteiger partial charge in [-0.25, -0.2) is 4.79 Å². The number of urea groups is 1. The monoisotopic (exact) mass is 345 g/mol. The van der Waals surface area contributed by atoms with Crippen LogP contribution in [0.1, 0.15) is 23.6 Å². The van der Waals surface area contributed by atoms with Gasteiger partial charge in [0.05, 0.1) is 12.5 Å². The van der Waals surface area contributed by atoms with Gasteiger partial charge in [0, 0.05) is 46.2 Å². The fourth-order valence-electron chi connectivity index (χ4n) is 4.34. The SMILES string of the molecule is Cc1ccccc1[C@H]1[C@@H]2CN(CCC(=O)O)C[C@@H]2CN1C(=O)N(C)C. The molecule has 6 nitrogen and oxygen atoms in total. The van der Waals surface area contributed by atoms with E-state index in [1.807, 2.05) is 17.0 Å². The average molecular weight is 345 g/mol. The van der Waals surface area contributed by atoms with Crippen molar-refractivity contribution in [2.24, 2.45) is 11.8 Å². The maximum atomic E-state index is 12.7. The molecule has 3 rings (SSSR count). The molecule has 1 aromatic rings. The van der Waals surface area contributed by atoms with E-state index in [9.17, 15) is 9.59 Å². The van der Waals surface area contributed by atoms with E-state index >= 15 is 0 Å². The summed E-state index contributed by atoms with van der Waals surface area (Å²) in [5.74, 6) is 0.0121. The molecule has 136 valence electrons. The molecule has 3 atom stereocenters. The van der Waals surface area contributed by atoms with E-state index in [-0.39, 0.29) is 18.5 Å². The normalized spacial score (nSPS) is 25.9. The molecular formula is C19H27N3O3. The first-order valence-electron chi connectivity index (χ1n) is 8.86. The molecule has 2 aliphatic rings. The van der Waals surface area contributed by atoms with Crippen molar-refractivity contribution in [1.29, 1.82) is 0 Å². The molecule has 2 saturated heterocycles. The molecule has 1 aromatic carbocycles. The van der Waals surface area contributed by atoms with Crippen LogP contribution >= 0.6 is 0 Å². The molecule has 0 unspecified atom stereocenters. The predicted octanol–water partition coefficient (Wildman–Crippen LogP) is 2.06. The van der Waals surface area contributed by atoms with Gasteiger partial charge in [-0.05, 0) is 24.0 Å². The molecule has 0 saturated carbocycles. The summed E-state index contributed by atoms with van der Waals surface area (Å²) < 4.78 is 0. The molecule has 1 N–H and O–H groups in total. The number of aryl methyl sites for hydroxylation is 1. The van der Waals surface area contributed by atoms with Crippen molar-refractivity contribution in [3.8, 4) is 0 Å². The topological polar surface area (TPSA) is 64.1 Å². The summed E-state index contributed by atoms with van der Waals surface area (Å²) in [6, 6.07) is 8.40. The molecule has 2 heterocycles. The van der Waals surface area contributed by atoms with Crippen LogP contribution in [-0.4, -0.2) is 72.1 Å². The zero-order chi connectivity index (χ0) is 18.1. The molecule has 2 amide bonds. The Morgan fingerprint density at radius 3 is 2.56 bits per heavy atom. The van der Waals surface area contributed by atoms with Crippen LogP contribution in [0.5, 0.6) is 0 Å². The Kier molecular flexibility index (Phi) is 4.99. The number of nitrogens with zero attached hydrogens (tertiary/aromatic N) is 3. The molecule has 6 heteroatoms. The van der Waals surface area contributed by atoms with Crippen molar-refractivity contribution in [3.05, 3.63) is 35.4 Å². The van der Waals surface area contributed by atoms with Crippen molar-refractivity contribution in [1.82, 2.24) is 14.7 Å². The Labute approximate surface area is 149 Å². The molecule has 2 aliphatic heterocycles. The highest BCUT2D eigenvalue weighted by molar-refractivity contribution is 5.75. The standard InChI is InChI=1S/C19H27N3O3/c1-13-6-4-5-7-15(13)18-16-12-21(9-8-17(23)24)10-14(16)11-22(18)19(25)20(2)3/h4-7,14,16,18H,8-12H2,1-3H3,(H,23,24)/t14-,16-,18+/m1/s1. The maximum absolute atomic E-state index is 12.7. The van der Waals surface area contributed by atoms with Gasteiger partial charge in [-0.2, -0.15) is 0 Å².